The number of hydrogen-bond donors (Lipinski definition) is 2. The smallest absolute Gasteiger partial charge is 0.259 e. The number of aryl methyl sites for hydroxylation is 1. The van der Waals surface area contributed by atoms with E-state index in [0.29, 0.717) is 37.7 Å². The van der Waals surface area contributed by atoms with E-state index in [9.17, 15) is 9.90 Å². The number of hydrogen-bond acceptors (Lipinski definition) is 3. The van der Waals surface area contributed by atoms with Crippen LogP contribution in [-0.2, 0) is 10.4 Å². The maximum Gasteiger partial charge on any atom is 0.259 e. The number of benzene rings is 2. The van der Waals surface area contributed by atoms with Gasteiger partial charge in [0.2, 0.25) is 0 Å². The molecule has 0 radical (unpaired) electrons. The number of rotatable bonds is 4. The molecule has 6 heteroatoms. The maximum absolute atomic E-state index is 13.6. The SMILES string of the molecule is Cc1ccc(N=C(N)N2CCN(C(=O)C(O)(c3ccccc3)C3CCCC3)CC2)cc1. The van der Waals surface area contributed by atoms with Crippen molar-refractivity contribution in [3.8, 4) is 0 Å². The quantitative estimate of drug-likeness (QED) is 0.588. The minimum atomic E-state index is -1.46. The van der Waals surface area contributed by atoms with Gasteiger partial charge in [0.1, 0.15) is 0 Å². The standard InChI is InChI=1S/C25H32N4O2/c1-19-11-13-22(14-12-19)27-24(26)29-17-15-28(16-18-29)23(30)25(31,21-9-5-6-10-21)20-7-3-2-4-8-20/h2-4,7-8,11-14,21,31H,5-6,9-10,15-18H2,1H3,(H2,26,27). The highest BCUT2D eigenvalue weighted by Crippen LogP contribution is 2.42. The van der Waals surface area contributed by atoms with Gasteiger partial charge in [-0.25, -0.2) is 4.99 Å². The number of aliphatic imine (C=N–C) groups is 1. The molecule has 3 N–H and O–H groups in total. The van der Waals surface area contributed by atoms with Crippen LogP contribution in [0.2, 0.25) is 0 Å². The third-order valence-electron chi connectivity index (χ3n) is 6.65. The lowest BCUT2D eigenvalue weighted by Crippen LogP contribution is -2.58. The molecule has 0 bridgehead atoms. The Bertz CT molecular complexity index is 914. The summed E-state index contributed by atoms with van der Waals surface area (Å²) >= 11 is 0. The van der Waals surface area contributed by atoms with Crippen LogP contribution >= 0.6 is 0 Å². The third kappa shape index (κ3) is 4.44. The summed E-state index contributed by atoms with van der Waals surface area (Å²) in [7, 11) is 0. The number of carbonyl (C=O) groups excluding carboxylic acids is 1. The lowest BCUT2D eigenvalue weighted by atomic mass is 9.79. The Morgan fingerprint density at radius 3 is 2.16 bits per heavy atom. The molecule has 1 heterocycles. The first-order chi connectivity index (χ1) is 15.0. The first-order valence-electron chi connectivity index (χ1n) is 11.2. The van der Waals surface area contributed by atoms with Gasteiger partial charge < -0.3 is 20.6 Å². The minimum Gasteiger partial charge on any atom is -0.375 e. The molecule has 1 amide bonds. The Morgan fingerprint density at radius 1 is 0.968 bits per heavy atom. The molecule has 4 rings (SSSR count). The van der Waals surface area contributed by atoms with E-state index >= 15 is 0 Å². The Hall–Kier alpha value is -2.86. The van der Waals surface area contributed by atoms with E-state index in [1.807, 2.05) is 66.4 Å². The molecule has 0 spiro atoms. The predicted octanol–water partition coefficient (Wildman–Crippen LogP) is 3.16. The van der Waals surface area contributed by atoms with Gasteiger partial charge in [-0.3, -0.25) is 4.79 Å². The molecule has 1 aliphatic heterocycles. The van der Waals surface area contributed by atoms with Crippen LogP contribution in [0.15, 0.2) is 59.6 Å². The van der Waals surface area contributed by atoms with Crippen molar-refractivity contribution in [2.45, 2.75) is 38.2 Å². The number of amides is 1. The summed E-state index contributed by atoms with van der Waals surface area (Å²) in [5, 5.41) is 11.7. The lowest BCUT2D eigenvalue weighted by Gasteiger charge is -2.41. The molecule has 2 fully saturated rings. The highest BCUT2D eigenvalue weighted by molar-refractivity contribution is 5.87. The molecule has 1 unspecified atom stereocenters. The van der Waals surface area contributed by atoms with E-state index in [2.05, 4.69) is 4.99 Å². The maximum atomic E-state index is 13.6. The number of aliphatic hydroxyl groups is 1. The summed E-state index contributed by atoms with van der Waals surface area (Å²) in [6.07, 6.45) is 3.89. The van der Waals surface area contributed by atoms with Crippen molar-refractivity contribution >= 4 is 17.6 Å². The van der Waals surface area contributed by atoms with E-state index < -0.39 is 5.60 Å². The van der Waals surface area contributed by atoms with Crippen molar-refractivity contribution in [2.75, 3.05) is 26.2 Å². The zero-order valence-corrected chi connectivity index (χ0v) is 18.2. The molecule has 164 valence electrons. The average Bonchev–Trinajstić information content (AvgIpc) is 3.36. The number of guanidine groups is 1. The zero-order chi connectivity index (χ0) is 21.8. The lowest BCUT2D eigenvalue weighted by molar-refractivity contribution is -0.160. The van der Waals surface area contributed by atoms with Crippen molar-refractivity contribution < 1.29 is 9.90 Å². The second kappa shape index (κ2) is 9.10. The highest BCUT2D eigenvalue weighted by Gasteiger charge is 2.48. The summed E-state index contributed by atoms with van der Waals surface area (Å²) in [4.78, 5) is 21.9. The van der Waals surface area contributed by atoms with Gasteiger partial charge in [-0.1, -0.05) is 60.9 Å². The first kappa shape index (κ1) is 21.4. The molecule has 1 aliphatic carbocycles. The normalized spacial score (nSPS) is 20.0. The number of piperazine rings is 1. The molecule has 2 aromatic carbocycles. The van der Waals surface area contributed by atoms with Crippen molar-refractivity contribution in [1.82, 2.24) is 9.80 Å². The van der Waals surface area contributed by atoms with E-state index in [1.54, 1.807) is 4.90 Å². The molecule has 1 saturated carbocycles. The van der Waals surface area contributed by atoms with Crippen LogP contribution < -0.4 is 5.73 Å². The average molecular weight is 421 g/mol. The molecule has 6 nitrogen and oxygen atoms in total. The van der Waals surface area contributed by atoms with Crippen LogP contribution in [0.5, 0.6) is 0 Å². The molecule has 1 saturated heterocycles. The second-order valence-corrected chi connectivity index (χ2v) is 8.70. The first-order valence-corrected chi connectivity index (χ1v) is 11.2. The van der Waals surface area contributed by atoms with Gasteiger partial charge in [0, 0.05) is 32.1 Å². The van der Waals surface area contributed by atoms with E-state index in [0.717, 1.165) is 31.4 Å². The molecule has 2 aromatic rings. The van der Waals surface area contributed by atoms with Crippen molar-refractivity contribution in [3.63, 3.8) is 0 Å². The minimum absolute atomic E-state index is 0.0337. The predicted molar refractivity (Wildman–Crippen MR) is 123 cm³/mol. The van der Waals surface area contributed by atoms with E-state index in [-0.39, 0.29) is 11.8 Å². The number of nitrogens with zero attached hydrogens (tertiary/aromatic N) is 3. The van der Waals surface area contributed by atoms with Crippen molar-refractivity contribution in [2.24, 2.45) is 16.6 Å². The van der Waals surface area contributed by atoms with Crippen LogP contribution in [0.4, 0.5) is 5.69 Å². The van der Waals surface area contributed by atoms with Gasteiger partial charge in [-0.05, 0) is 37.5 Å². The Labute approximate surface area is 184 Å². The summed E-state index contributed by atoms with van der Waals surface area (Å²) in [6, 6.07) is 17.4. The fourth-order valence-corrected chi connectivity index (χ4v) is 4.77. The van der Waals surface area contributed by atoms with E-state index in [1.165, 1.54) is 5.56 Å². The van der Waals surface area contributed by atoms with Gasteiger partial charge in [-0.2, -0.15) is 0 Å². The molecule has 2 aliphatic rings. The monoisotopic (exact) mass is 420 g/mol. The molecule has 31 heavy (non-hydrogen) atoms. The van der Waals surface area contributed by atoms with Crippen molar-refractivity contribution in [1.29, 1.82) is 0 Å². The largest absolute Gasteiger partial charge is 0.375 e. The Kier molecular flexibility index (Phi) is 6.28. The molecule has 1 atom stereocenters. The Morgan fingerprint density at radius 2 is 1.55 bits per heavy atom. The topological polar surface area (TPSA) is 82.2 Å². The number of nitrogens with two attached hydrogens (primary N) is 1. The number of carbonyl (C=O) groups is 1. The van der Waals surface area contributed by atoms with Crippen LogP contribution in [0.25, 0.3) is 0 Å². The van der Waals surface area contributed by atoms with Crippen LogP contribution in [0.1, 0.15) is 36.8 Å². The summed E-state index contributed by atoms with van der Waals surface area (Å²) in [6.45, 7) is 4.27. The van der Waals surface area contributed by atoms with Crippen LogP contribution in [0.3, 0.4) is 0 Å². The molecule has 0 aromatic heterocycles. The fourth-order valence-electron chi connectivity index (χ4n) is 4.77. The van der Waals surface area contributed by atoms with Crippen molar-refractivity contribution in [3.05, 3.63) is 65.7 Å². The van der Waals surface area contributed by atoms with Gasteiger partial charge in [0.25, 0.3) is 5.91 Å². The van der Waals surface area contributed by atoms with Gasteiger partial charge >= 0.3 is 0 Å². The zero-order valence-electron chi connectivity index (χ0n) is 18.2. The summed E-state index contributed by atoms with van der Waals surface area (Å²) < 4.78 is 0. The highest BCUT2D eigenvalue weighted by atomic mass is 16.3. The molecular weight excluding hydrogens is 388 g/mol. The van der Waals surface area contributed by atoms with Crippen LogP contribution in [0, 0.1) is 12.8 Å². The Balaban J connectivity index is 1.46. The third-order valence-corrected chi connectivity index (χ3v) is 6.65. The fraction of sp³-hybridized carbons (Fsp3) is 0.440. The van der Waals surface area contributed by atoms with Gasteiger partial charge in [-0.15, -0.1) is 0 Å². The second-order valence-electron chi connectivity index (χ2n) is 8.70. The van der Waals surface area contributed by atoms with Gasteiger partial charge in [0.05, 0.1) is 5.69 Å². The molecular formula is C25H32N4O2. The summed E-state index contributed by atoms with van der Waals surface area (Å²) in [5.74, 6) is 0.248. The summed E-state index contributed by atoms with van der Waals surface area (Å²) in [5.41, 5.74) is 7.49. The van der Waals surface area contributed by atoms with Crippen LogP contribution in [-0.4, -0.2) is 53.0 Å². The van der Waals surface area contributed by atoms with Gasteiger partial charge in [0.15, 0.2) is 11.6 Å². The van der Waals surface area contributed by atoms with E-state index in [4.69, 9.17) is 5.73 Å².